The number of benzene rings is 3. The highest BCUT2D eigenvalue weighted by Gasteiger charge is 2.27. The third kappa shape index (κ3) is 4.49. The SMILES string of the molecule is Cc1cccc(C)c1NS(=O)(=O)c1ccc(NC(=O)[C@@H]2COc3ccccc3O2)cc1. The molecule has 4 rings (SSSR count). The molecule has 3 aromatic carbocycles. The molecule has 0 bridgehead atoms. The summed E-state index contributed by atoms with van der Waals surface area (Å²) in [5.41, 5.74) is 2.69. The molecule has 160 valence electrons. The van der Waals surface area contributed by atoms with E-state index in [-0.39, 0.29) is 17.4 Å². The molecule has 0 saturated carbocycles. The first-order chi connectivity index (χ1) is 14.8. The van der Waals surface area contributed by atoms with Crippen LogP contribution in [0.3, 0.4) is 0 Å². The molecule has 1 atom stereocenters. The maximum atomic E-state index is 12.8. The molecular weight excluding hydrogens is 416 g/mol. The van der Waals surface area contributed by atoms with Crippen LogP contribution in [0.1, 0.15) is 11.1 Å². The first kappa shape index (κ1) is 20.7. The number of sulfonamides is 1. The van der Waals surface area contributed by atoms with E-state index in [0.29, 0.717) is 22.9 Å². The van der Waals surface area contributed by atoms with Crippen molar-refractivity contribution in [2.45, 2.75) is 24.8 Å². The molecule has 0 unspecified atom stereocenters. The Kier molecular flexibility index (Phi) is 5.56. The van der Waals surface area contributed by atoms with Crippen LogP contribution in [0.4, 0.5) is 11.4 Å². The summed E-state index contributed by atoms with van der Waals surface area (Å²) in [6.45, 7) is 3.78. The number of fused-ring (bicyclic) bond motifs is 1. The normalized spacial score (nSPS) is 15.2. The van der Waals surface area contributed by atoms with Crippen LogP contribution in [0.5, 0.6) is 11.5 Å². The lowest BCUT2D eigenvalue weighted by Gasteiger charge is -2.25. The van der Waals surface area contributed by atoms with E-state index >= 15 is 0 Å². The summed E-state index contributed by atoms with van der Waals surface area (Å²) in [7, 11) is -3.76. The number of anilines is 2. The Morgan fingerprint density at radius 3 is 2.23 bits per heavy atom. The third-order valence-corrected chi connectivity index (χ3v) is 6.32. The van der Waals surface area contributed by atoms with E-state index in [1.807, 2.05) is 38.1 Å². The van der Waals surface area contributed by atoms with E-state index in [2.05, 4.69) is 10.0 Å². The predicted molar refractivity (Wildman–Crippen MR) is 118 cm³/mol. The minimum absolute atomic E-state index is 0.0923. The molecule has 1 aliphatic rings. The fraction of sp³-hybridized carbons (Fsp3) is 0.174. The van der Waals surface area contributed by atoms with Gasteiger partial charge < -0.3 is 14.8 Å². The van der Waals surface area contributed by atoms with E-state index < -0.39 is 16.1 Å². The van der Waals surface area contributed by atoms with Gasteiger partial charge in [0.1, 0.15) is 6.61 Å². The summed E-state index contributed by atoms with van der Waals surface area (Å²) in [4.78, 5) is 12.6. The van der Waals surface area contributed by atoms with Gasteiger partial charge in [0, 0.05) is 5.69 Å². The van der Waals surface area contributed by atoms with Crippen LogP contribution in [-0.4, -0.2) is 27.0 Å². The molecule has 31 heavy (non-hydrogen) atoms. The van der Waals surface area contributed by atoms with Crippen molar-refractivity contribution in [3.63, 3.8) is 0 Å². The van der Waals surface area contributed by atoms with Crippen LogP contribution < -0.4 is 19.5 Å². The first-order valence-electron chi connectivity index (χ1n) is 9.72. The summed E-state index contributed by atoms with van der Waals surface area (Å²) < 4.78 is 39.4. The smallest absolute Gasteiger partial charge is 0.269 e. The van der Waals surface area contributed by atoms with Crippen LogP contribution >= 0.6 is 0 Å². The summed E-state index contributed by atoms with van der Waals surface area (Å²) in [6.07, 6.45) is -0.802. The average Bonchev–Trinajstić information content (AvgIpc) is 2.76. The monoisotopic (exact) mass is 438 g/mol. The fourth-order valence-electron chi connectivity index (χ4n) is 3.26. The highest BCUT2D eigenvalue weighted by atomic mass is 32.2. The van der Waals surface area contributed by atoms with Crippen molar-refractivity contribution >= 4 is 27.3 Å². The predicted octanol–water partition coefficient (Wildman–Crippen LogP) is 3.88. The van der Waals surface area contributed by atoms with E-state index in [0.717, 1.165) is 11.1 Å². The van der Waals surface area contributed by atoms with E-state index in [1.54, 1.807) is 18.2 Å². The molecule has 1 aliphatic heterocycles. The molecule has 0 aliphatic carbocycles. The van der Waals surface area contributed by atoms with Gasteiger partial charge in [-0.15, -0.1) is 0 Å². The number of hydrogen-bond acceptors (Lipinski definition) is 5. The summed E-state index contributed by atoms with van der Waals surface area (Å²) >= 11 is 0. The lowest BCUT2D eigenvalue weighted by atomic mass is 10.1. The molecule has 2 N–H and O–H groups in total. The number of amides is 1. The Bertz CT molecular complexity index is 1200. The first-order valence-corrected chi connectivity index (χ1v) is 11.2. The number of aryl methyl sites for hydroxylation is 2. The standard InChI is InChI=1S/C23H22N2O5S/c1-15-6-5-7-16(2)22(15)25-31(27,28)18-12-10-17(11-13-18)24-23(26)21-14-29-19-8-3-4-9-20(19)30-21/h3-13,21,25H,14H2,1-2H3,(H,24,26)/t21-/m0/s1. The largest absolute Gasteiger partial charge is 0.485 e. The van der Waals surface area contributed by atoms with Gasteiger partial charge in [-0.25, -0.2) is 8.42 Å². The molecule has 0 aromatic heterocycles. The number of para-hydroxylation sites is 3. The molecule has 1 heterocycles. The van der Waals surface area contributed by atoms with Crippen LogP contribution in [0.25, 0.3) is 0 Å². The van der Waals surface area contributed by atoms with Gasteiger partial charge in [0.25, 0.3) is 15.9 Å². The van der Waals surface area contributed by atoms with Crippen molar-refractivity contribution in [1.82, 2.24) is 0 Å². The summed E-state index contributed by atoms with van der Waals surface area (Å²) in [5, 5.41) is 2.73. The summed E-state index contributed by atoms with van der Waals surface area (Å²) in [6, 6.07) is 18.7. The van der Waals surface area contributed by atoms with Gasteiger partial charge in [0.2, 0.25) is 6.10 Å². The second-order valence-electron chi connectivity index (χ2n) is 7.25. The van der Waals surface area contributed by atoms with Gasteiger partial charge in [-0.3, -0.25) is 9.52 Å². The Morgan fingerprint density at radius 2 is 1.55 bits per heavy atom. The van der Waals surface area contributed by atoms with Gasteiger partial charge in [0.05, 0.1) is 10.6 Å². The van der Waals surface area contributed by atoms with Crippen molar-refractivity contribution in [3.05, 3.63) is 77.9 Å². The van der Waals surface area contributed by atoms with Gasteiger partial charge in [-0.1, -0.05) is 30.3 Å². The number of carbonyl (C=O) groups is 1. The molecular formula is C23H22N2O5S. The Balaban J connectivity index is 1.44. The zero-order valence-corrected chi connectivity index (χ0v) is 17.9. The van der Waals surface area contributed by atoms with Gasteiger partial charge in [-0.2, -0.15) is 0 Å². The Labute approximate surface area is 181 Å². The molecule has 0 saturated heterocycles. The van der Waals surface area contributed by atoms with Crippen LogP contribution in [0.2, 0.25) is 0 Å². The fourth-order valence-corrected chi connectivity index (χ4v) is 4.46. The molecule has 0 spiro atoms. The van der Waals surface area contributed by atoms with Crippen molar-refractivity contribution in [1.29, 1.82) is 0 Å². The number of rotatable bonds is 5. The minimum atomic E-state index is -3.76. The topological polar surface area (TPSA) is 93.7 Å². The second kappa shape index (κ2) is 8.31. The third-order valence-electron chi connectivity index (χ3n) is 4.95. The molecule has 8 heteroatoms. The van der Waals surface area contributed by atoms with Crippen molar-refractivity contribution in [3.8, 4) is 11.5 Å². The average molecular weight is 439 g/mol. The Morgan fingerprint density at radius 1 is 0.903 bits per heavy atom. The van der Waals surface area contributed by atoms with Crippen LogP contribution in [0.15, 0.2) is 71.6 Å². The highest BCUT2D eigenvalue weighted by molar-refractivity contribution is 7.92. The van der Waals surface area contributed by atoms with Gasteiger partial charge >= 0.3 is 0 Å². The number of nitrogens with one attached hydrogen (secondary N) is 2. The zero-order valence-electron chi connectivity index (χ0n) is 17.1. The lowest BCUT2D eigenvalue weighted by Crippen LogP contribution is -2.40. The van der Waals surface area contributed by atoms with Crippen molar-refractivity contribution < 1.29 is 22.7 Å². The second-order valence-corrected chi connectivity index (χ2v) is 8.93. The summed E-state index contributed by atoms with van der Waals surface area (Å²) in [5.74, 6) is 0.726. The lowest BCUT2D eigenvalue weighted by molar-refractivity contribution is -0.125. The van der Waals surface area contributed by atoms with Crippen molar-refractivity contribution in [2.75, 3.05) is 16.6 Å². The maximum Gasteiger partial charge on any atom is 0.269 e. The quantitative estimate of drug-likeness (QED) is 0.631. The molecule has 7 nitrogen and oxygen atoms in total. The number of hydrogen-bond donors (Lipinski definition) is 2. The highest BCUT2D eigenvalue weighted by Crippen LogP contribution is 2.31. The number of carbonyl (C=O) groups excluding carboxylic acids is 1. The molecule has 0 radical (unpaired) electrons. The molecule has 0 fully saturated rings. The molecule has 1 amide bonds. The maximum absolute atomic E-state index is 12.8. The minimum Gasteiger partial charge on any atom is -0.485 e. The molecule has 3 aromatic rings. The van der Waals surface area contributed by atoms with E-state index in [9.17, 15) is 13.2 Å². The van der Waals surface area contributed by atoms with E-state index in [4.69, 9.17) is 9.47 Å². The van der Waals surface area contributed by atoms with Crippen LogP contribution in [-0.2, 0) is 14.8 Å². The van der Waals surface area contributed by atoms with Crippen LogP contribution in [0, 0.1) is 13.8 Å². The van der Waals surface area contributed by atoms with Gasteiger partial charge in [-0.05, 0) is 61.4 Å². The number of ether oxygens (including phenoxy) is 2. The van der Waals surface area contributed by atoms with Gasteiger partial charge in [0.15, 0.2) is 11.5 Å². The van der Waals surface area contributed by atoms with E-state index in [1.165, 1.54) is 24.3 Å². The Hall–Kier alpha value is -3.52. The van der Waals surface area contributed by atoms with Crippen molar-refractivity contribution in [2.24, 2.45) is 0 Å². The zero-order chi connectivity index (χ0) is 22.0.